The van der Waals surface area contributed by atoms with Crippen molar-refractivity contribution in [1.29, 1.82) is 0 Å². The van der Waals surface area contributed by atoms with E-state index in [0.717, 1.165) is 36.8 Å². The number of halogens is 1. The number of aryl methyl sites for hydroxylation is 2. The van der Waals surface area contributed by atoms with Gasteiger partial charge in [-0.3, -0.25) is 0 Å². The van der Waals surface area contributed by atoms with Crippen molar-refractivity contribution in [3.05, 3.63) is 34.6 Å². The molecule has 0 aromatic heterocycles. The molecule has 1 aliphatic rings. The van der Waals surface area contributed by atoms with Crippen molar-refractivity contribution in [3.8, 4) is 0 Å². The standard InChI is InChI=1S/C16H23FO2/c1-4-19-16(7-5-6-8-16)15(18)14-12(3)9-11(2)10-13(14)17/h9-10,15,18H,4-8H2,1-3H3. The van der Waals surface area contributed by atoms with Gasteiger partial charge in [0.15, 0.2) is 0 Å². The Balaban J connectivity index is 2.40. The van der Waals surface area contributed by atoms with Gasteiger partial charge in [0.1, 0.15) is 11.9 Å². The second-order valence-electron chi connectivity index (χ2n) is 5.58. The van der Waals surface area contributed by atoms with E-state index in [4.69, 9.17) is 4.74 Å². The molecule has 1 aromatic rings. The first-order valence-corrected chi connectivity index (χ1v) is 7.09. The van der Waals surface area contributed by atoms with Gasteiger partial charge in [0.25, 0.3) is 0 Å². The van der Waals surface area contributed by atoms with E-state index in [1.807, 2.05) is 26.8 Å². The summed E-state index contributed by atoms with van der Waals surface area (Å²) in [6.07, 6.45) is 2.78. The zero-order chi connectivity index (χ0) is 14.0. The molecule has 0 spiro atoms. The number of rotatable bonds is 4. The Labute approximate surface area is 114 Å². The largest absolute Gasteiger partial charge is 0.385 e. The fraction of sp³-hybridized carbons (Fsp3) is 0.625. The highest BCUT2D eigenvalue weighted by Gasteiger charge is 2.43. The summed E-state index contributed by atoms with van der Waals surface area (Å²) in [6.45, 7) is 6.18. The van der Waals surface area contributed by atoms with E-state index in [-0.39, 0.29) is 5.82 Å². The highest BCUT2D eigenvalue weighted by atomic mass is 19.1. The average Bonchev–Trinajstić information content (AvgIpc) is 2.77. The number of hydrogen-bond donors (Lipinski definition) is 1. The van der Waals surface area contributed by atoms with Crippen LogP contribution in [-0.4, -0.2) is 17.3 Å². The van der Waals surface area contributed by atoms with Gasteiger partial charge < -0.3 is 9.84 Å². The normalized spacial score (nSPS) is 19.6. The summed E-state index contributed by atoms with van der Waals surface area (Å²) in [4.78, 5) is 0. The van der Waals surface area contributed by atoms with Gasteiger partial charge in [0.05, 0.1) is 5.60 Å². The van der Waals surface area contributed by atoms with Gasteiger partial charge in [-0.25, -0.2) is 4.39 Å². The predicted molar refractivity (Wildman–Crippen MR) is 73.7 cm³/mol. The van der Waals surface area contributed by atoms with Crippen LogP contribution in [0.1, 0.15) is 55.4 Å². The van der Waals surface area contributed by atoms with E-state index in [2.05, 4.69) is 0 Å². The van der Waals surface area contributed by atoms with E-state index >= 15 is 0 Å². The summed E-state index contributed by atoms with van der Waals surface area (Å²) in [7, 11) is 0. The van der Waals surface area contributed by atoms with E-state index in [9.17, 15) is 9.50 Å². The molecule has 19 heavy (non-hydrogen) atoms. The summed E-state index contributed by atoms with van der Waals surface area (Å²) in [5.41, 5.74) is 1.48. The Kier molecular flexibility index (Phi) is 4.26. The fourth-order valence-electron chi connectivity index (χ4n) is 3.29. The van der Waals surface area contributed by atoms with Crippen LogP contribution in [-0.2, 0) is 4.74 Å². The first kappa shape index (κ1) is 14.5. The van der Waals surface area contributed by atoms with Gasteiger partial charge in [0.2, 0.25) is 0 Å². The molecule has 0 aliphatic heterocycles. The summed E-state index contributed by atoms with van der Waals surface area (Å²) in [6, 6.07) is 3.40. The first-order chi connectivity index (χ1) is 9.00. The predicted octanol–water partition coefficient (Wildman–Crippen LogP) is 3.83. The SMILES string of the molecule is CCOC1(C(O)c2c(C)cc(C)cc2F)CCCC1. The number of benzene rings is 1. The van der Waals surface area contributed by atoms with Crippen molar-refractivity contribution in [3.63, 3.8) is 0 Å². The highest BCUT2D eigenvalue weighted by molar-refractivity contribution is 5.35. The van der Waals surface area contributed by atoms with Gasteiger partial charge >= 0.3 is 0 Å². The van der Waals surface area contributed by atoms with E-state index in [1.54, 1.807) is 0 Å². The summed E-state index contributed by atoms with van der Waals surface area (Å²) < 4.78 is 20.0. The molecule has 3 heteroatoms. The number of ether oxygens (including phenoxy) is 1. The van der Waals surface area contributed by atoms with Crippen molar-refractivity contribution in [1.82, 2.24) is 0 Å². The number of aliphatic hydroxyl groups is 1. The van der Waals surface area contributed by atoms with Crippen LogP contribution in [0.3, 0.4) is 0 Å². The number of hydrogen-bond acceptors (Lipinski definition) is 2. The second kappa shape index (κ2) is 5.59. The molecule has 0 heterocycles. The molecule has 106 valence electrons. The molecular formula is C16H23FO2. The van der Waals surface area contributed by atoms with Crippen LogP contribution in [0.25, 0.3) is 0 Å². The van der Waals surface area contributed by atoms with Crippen LogP contribution in [0, 0.1) is 19.7 Å². The Morgan fingerprint density at radius 3 is 2.47 bits per heavy atom. The summed E-state index contributed by atoms with van der Waals surface area (Å²) in [5, 5.41) is 10.7. The lowest BCUT2D eigenvalue weighted by atomic mass is 9.86. The molecule has 1 N–H and O–H groups in total. The molecule has 0 radical (unpaired) electrons. The molecule has 1 atom stereocenters. The lowest BCUT2D eigenvalue weighted by Gasteiger charge is -2.35. The maximum absolute atomic E-state index is 14.2. The highest BCUT2D eigenvalue weighted by Crippen LogP contribution is 2.44. The molecule has 0 saturated heterocycles. The minimum absolute atomic E-state index is 0.323. The third kappa shape index (κ3) is 2.67. The Morgan fingerprint density at radius 2 is 1.95 bits per heavy atom. The molecular weight excluding hydrogens is 243 g/mol. The van der Waals surface area contributed by atoms with E-state index in [0.29, 0.717) is 12.2 Å². The zero-order valence-corrected chi connectivity index (χ0v) is 12.0. The zero-order valence-electron chi connectivity index (χ0n) is 12.0. The van der Waals surface area contributed by atoms with E-state index < -0.39 is 11.7 Å². The van der Waals surface area contributed by atoms with Crippen molar-refractivity contribution in [2.24, 2.45) is 0 Å². The Bertz CT molecular complexity index is 427. The Hall–Kier alpha value is -0.930. The maximum Gasteiger partial charge on any atom is 0.129 e. The van der Waals surface area contributed by atoms with Crippen molar-refractivity contribution in [2.45, 2.75) is 58.2 Å². The molecule has 1 aliphatic carbocycles. The third-order valence-corrected chi connectivity index (χ3v) is 4.13. The van der Waals surface area contributed by atoms with Crippen molar-refractivity contribution in [2.75, 3.05) is 6.61 Å². The second-order valence-corrected chi connectivity index (χ2v) is 5.58. The molecule has 0 bridgehead atoms. The molecule has 1 fully saturated rings. The average molecular weight is 266 g/mol. The van der Waals surface area contributed by atoms with Crippen LogP contribution in [0.2, 0.25) is 0 Å². The minimum Gasteiger partial charge on any atom is -0.385 e. The van der Waals surface area contributed by atoms with Crippen LogP contribution in [0.15, 0.2) is 12.1 Å². The van der Waals surface area contributed by atoms with Crippen molar-refractivity contribution < 1.29 is 14.2 Å². The minimum atomic E-state index is -0.879. The van der Waals surface area contributed by atoms with Gasteiger partial charge in [-0.2, -0.15) is 0 Å². The van der Waals surface area contributed by atoms with E-state index in [1.165, 1.54) is 6.07 Å². The first-order valence-electron chi connectivity index (χ1n) is 7.09. The van der Waals surface area contributed by atoms with Gasteiger partial charge in [-0.15, -0.1) is 0 Å². The van der Waals surface area contributed by atoms with Crippen LogP contribution in [0.5, 0.6) is 0 Å². The quantitative estimate of drug-likeness (QED) is 0.897. The molecule has 2 nitrogen and oxygen atoms in total. The lowest BCUT2D eigenvalue weighted by Crippen LogP contribution is -2.37. The topological polar surface area (TPSA) is 29.5 Å². The van der Waals surface area contributed by atoms with Crippen LogP contribution >= 0.6 is 0 Å². The van der Waals surface area contributed by atoms with Gasteiger partial charge in [-0.05, 0) is 50.8 Å². The molecule has 1 aromatic carbocycles. The number of aliphatic hydroxyl groups excluding tert-OH is 1. The monoisotopic (exact) mass is 266 g/mol. The lowest BCUT2D eigenvalue weighted by molar-refractivity contribution is -0.119. The molecule has 1 unspecified atom stereocenters. The van der Waals surface area contributed by atoms with Gasteiger partial charge in [-0.1, -0.05) is 18.9 Å². The molecule has 1 saturated carbocycles. The molecule has 2 rings (SSSR count). The van der Waals surface area contributed by atoms with Gasteiger partial charge in [0, 0.05) is 12.2 Å². The van der Waals surface area contributed by atoms with Crippen LogP contribution < -0.4 is 0 Å². The summed E-state index contributed by atoms with van der Waals surface area (Å²) >= 11 is 0. The summed E-state index contributed by atoms with van der Waals surface area (Å²) in [5.74, 6) is -0.323. The smallest absolute Gasteiger partial charge is 0.129 e. The third-order valence-electron chi connectivity index (χ3n) is 4.13. The van der Waals surface area contributed by atoms with Crippen molar-refractivity contribution >= 4 is 0 Å². The van der Waals surface area contributed by atoms with Crippen LogP contribution in [0.4, 0.5) is 4.39 Å². The maximum atomic E-state index is 14.2. The molecule has 0 amide bonds. The Morgan fingerprint density at radius 1 is 1.32 bits per heavy atom. The fourth-order valence-corrected chi connectivity index (χ4v) is 3.29.